The van der Waals surface area contributed by atoms with E-state index in [2.05, 4.69) is 28.8 Å². The summed E-state index contributed by atoms with van der Waals surface area (Å²) in [6.07, 6.45) is 8.33. The second-order valence-corrected chi connectivity index (χ2v) is 9.27. The van der Waals surface area contributed by atoms with Crippen LogP contribution in [-0.2, 0) is 0 Å². The molecule has 1 saturated heterocycles. The Bertz CT molecular complexity index is 965. The minimum Gasteiger partial charge on any atom is -0.351 e. The summed E-state index contributed by atoms with van der Waals surface area (Å²) >= 11 is 1.65. The summed E-state index contributed by atoms with van der Waals surface area (Å²) < 4.78 is 14.6. The monoisotopic (exact) mass is 424 g/mol. The molecule has 1 N–H and O–H groups in total. The maximum Gasteiger partial charge on any atom is 0.132 e. The van der Waals surface area contributed by atoms with Crippen LogP contribution in [0.4, 0.5) is 4.39 Å². The average molecular weight is 425 g/mol. The smallest absolute Gasteiger partial charge is 0.132 e. The van der Waals surface area contributed by atoms with Crippen LogP contribution >= 0.6 is 11.3 Å². The summed E-state index contributed by atoms with van der Waals surface area (Å²) in [7, 11) is 2.16. The van der Waals surface area contributed by atoms with Crippen molar-refractivity contribution < 1.29 is 4.39 Å². The standard InChI is InChI=1S/C24H29FN4S/c1-16(10-13-26-17(2)27-19-8-9-19)23-22(20-6-4-5-7-21(20)25)28-24(30-23)18-11-14-29(3)15-12-18/h4-7,10,13,18-19H,1,8-9,11-12,14-15H2,2-3H3,(H,26,27)/b13-10-. The molecule has 0 bridgehead atoms. The molecule has 1 aliphatic heterocycles. The summed E-state index contributed by atoms with van der Waals surface area (Å²) in [5.74, 6) is 1.08. The third-order valence-corrected chi connectivity index (χ3v) is 6.93. The number of piperidine rings is 1. The number of aliphatic imine (C=N–C) groups is 1. The number of allylic oxidation sites excluding steroid dienone is 2. The first-order valence-corrected chi connectivity index (χ1v) is 11.4. The van der Waals surface area contributed by atoms with Crippen molar-refractivity contribution in [2.75, 3.05) is 20.1 Å². The highest BCUT2D eigenvalue weighted by Gasteiger charge is 2.25. The Kier molecular flexibility index (Phi) is 6.44. The van der Waals surface area contributed by atoms with Gasteiger partial charge in [-0.2, -0.15) is 0 Å². The highest BCUT2D eigenvalue weighted by molar-refractivity contribution is 7.13. The van der Waals surface area contributed by atoms with Crippen LogP contribution in [0.15, 0.2) is 48.1 Å². The molecule has 4 nitrogen and oxygen atoms in total. The van der Waals surface area contributed by atoms with E-state index in [9.17, 15) is 4.39 Å². The SMILES string of the molecule is C=C(/C=C\NC(C)=NC1CC1)c1sc(C2CCN(C)CC2)nc1-c1ccccc1F. The molecule has 158 valence electrons. The lowest BCUT2D eigenvalue weighted by molar-refractivity contribution is 0.255. The normalized spacial score (nSPS) is 18.8. The Hall–Kier alpha value is -2.31. The number of aromatic nitrogens is 1. The van der Waals surface area contributed by atoms with Crippen LogP contribution in [0.5, 0.6) is 0 Å². The maximum absolute atomic E-state index is 14.6. The van der Waals surface area contributed by atoms with Gasteiger partial charge in [0.2, 0.25) is 0 Å². The molecule has 6 heteroatoms. The van der Waals surface area contributed by atoms with Gasteiger partial charge in [0.15, 0.2) is 0 Å². The van der Waals surface area contributed by atoms with Gasteiger partial charge in [-0.15, -0.1) is 11.3 Å². The van der Waals surface area contributed by atoms with Crippen molar-refractivity contribution in [2.45, 2.75) is 44.6 Å². The predicted octanol–water partition coefficient (Wildman–Crippen LogP) is 5.46. The Balaban J connectivity index is 1.59. The number of hydrogen-bond acceptors (Lipinski definition) is 4. The molecule has 2 fully saturated rings. The van der Waals surface area contributed by atoms with Crippen LogP contribution in [-0.4, -0.2) is 41.9 Å². The topological polar surface area (TPSA) is 40.5 Å². The number of likely N-dealkylation sites (tertiary alicyclic amines) is 1. The van der Waals surface area contributed by atoms with Gasteiger partial charge < -0.3 is 10.2 Å². The third kappa shape index (κ3) is 5.05. The first-order chi connectivity index (χ1) is 14.5. The molecule has 0 amide bonds. The van der Waals surface area contributed by atoms with Crippen molar-refractivity contribution in [3.63, 3.8) is 0 Å². The summed E-state index contributed by atoms with van der Waals surface area (Å²) in [6.45, 7) is 8.36. The van der Waals surface area contributed by atoms with E-state index in [4.69, 9.17) is 4.98 Å². The van der Waals surface area contributed by atoms with Crippen molar-refractivity contribution in [1.29, 1.82) is 0 Å². The quantitative estimate of drug-likeness (QED) is 0.380. The first kappa shape index (κ1) is 20.9. The maximum atomic E-state index is 14.6. The van der Waals surface area contributed by atoms with Crippen molar-refractivity contribution >= 4 is 22.7 Å². The summed E-state index contributed by atoms with van der Waals surface area (Å²) in [6, 6.07) is 7.35. The number of nitrogens with zero attached hydrogens (tertiary/aromatic N) is 3. The number of amidine groups is 1. The van der Waals surface area contributed by atoms with Gasteiger partial charge >= 0.3 is 0 Å². The van der Waals surface area contributed by atoms with E-state index in [1.54, 1.807) is 23.5 Å². The predicted molar refractivity (Wildman–Crippen MR) is 124 cm³/mol. The van der Waals surface area contributed by atoms with Gasteiger partial charge in [0.25, 0.3) is 0 Å². The van der Waals surface area contributed by atoms with E-state index in [1.807, 2.05) is 25.3 Å². The second-order valence-electron chi connectivity index (χ2n) is 8.24. The first-order valence-electron chi connectivity index (χ1n) is 10.6. The summed E-state index contributed by atoms with van der Waals surface area (Å²) in [5, 5.41) is 4.30. The number of nitrogens with one attached hydrogen (secondary N) is 1. The van der Waals surface area contributed by atoms with Gasteiger partial charge in [0.1, 0.15) is 5.82 Å². The fraction of sp³-hybridized carbons (Fsp3) is 0.417. The zero-order valence-corrected chi connectivity index (χ0v) is 18.5. The van der Waals surface area contributed by atoms with E-state index < -0.39 is 0 Å². The van der Waals surface area contributed by atoms with E-state index >= 15 is 0 Å². The highest BCUT2D eigenvalue weighted by Crippen LogP contribution is 2.39. The van der Waals surface area contributed by atoms with Crippen LogP contribution < -0.4 is 5.32 Å². The molecule has 4 rings (SSSR count). The van der Waals surface area contributed by atoms with Gasteiger partial charge in [-0.1, -0.05) is 18.7 Å². The number of benzene rings is 1. The molecule has 1 saturated carbocycles. The summed E-state index contributed by atoms with van der Waals surface area (Å²) in [4.78, 5) is 12.8. The molecule has 2 aliphatic rings. The molecule has 2 heterocycles. The molecule has 1 aromatic heterocycles. The van der Waals surface area contributed by atoms with Gasteiger partial charge in [-0.3, -0.25) is 4.99 Å². The van der Waals surface area contributed by atoms with E-state index in [1.165, 1.54) is 18.9 Å². The molecule has 0 unspecified atom stereocenters. The lowest BCUT2D eigenvalue weighted by Crippen LogP contribution is -2.29. The fourth-order valence-electron chi connectivity index (χ4n) is 3.67. The van der Waals surface area contributed by atoms with Crippen LogP contribution in [0.1, 0.15) is 48.4 Å². The third-order valence-electron chi connectivity index (χ3n) is 5.63. The molecular formula is C24H29FN4S. The van der Waals surface area contributed by atoms with Gasteiger partial charge in [-0.05, 0) is 76.5 Å². The number of hydrogen-bond donors (Lipinski definition) is 1. The van der Waals surface area contributed by atoms with Gasteiger partial charge in [0.05, 0.1) is 27.5 Å². The number of thiazole rings is 1. The Morgan fingerprint density at radius 1 is 1.27 bits per heavy atom. The number of rotatable bonds is 6. The molecule has 0 atom stereocenters. The van der Waals surface area contributed by atoms with Crippen molar-refractivity contribution in [2.24, 2.45) is 4.99 Å². The fourth-order valence-corrected chi connectivity index (χ4v) is 4.87. The van der Waals surface area contributed by atoms with E-state index in [0.717, 1.165) is 47.2 Å². The zero-order chi connectivity index (χ0) is 21.1. The second kappa shape index (κ2) is 9.23. The zero-order valence-electron chi connectivity index (χ0n) is 17.7. The highest BCUT2D eigenvalue weighted by atomic mass is 32.1. The van der Waals surface area contributed by atoms with E-state index in [-0.39, 0.29) is 5.82 Å². The lowest BCUT2D eigenvalue weighted by atomic mass is 9.98. The molecule has 1 aliphatic carbocycles. The lowest BCUT2D eigenvalue weighted by Gasteiger charge is -2.27. The molecule has 1 aromatic carbocycles. The Labute approximate surface area is 182 Å². The largest absolute Gasteiger partial charge is 0.351 e. The van der Waals surface area contributed by atoms with E-state index in [0.29, 0.717) is 23.2 Å². The Morgan fingerprint density at radius 2 is 2.00 bits per heavy atom. The number of halogens is 1. The Morgan fingerprint density at radius 3 is 2.70 bits per heavy atom. The van der Waals surface area contributed by atoms with Gasteiger partial charge in [0, 0.05) is 17.7 Å². The van der Waals surface area contributed by atoms with Crippen LogP contribution in [0.3, 0.4) is 0 Å². The van der Waals surface area contributed by atoms with Gasteiger partial charge in [-0.25, -0.2) is 9.37 Å². The molecule has 0 spiro atoms. The molecule has 30 heavy (non-hydrogen) atoms. The van der Waals surface area contributed by atoms with Crippen molar-refractivity contribution in [3.8, 4) is 11.3 Å². The minimum atomic E-state index is -0.249. The minimum absolute atomic E-state index is 0.249. The van der Waals surface area contributed by atoms with Crippen LogP contribution in [0.2, 0.25) is 0 Å². The molecular weight excluding hydrogens is 395 g/mol. The average Bonchev–Trinajstić information content (AvgIpc) is 3.43. The molecule has 0 radical (unpaired) electrons. The van der Waals surface area contributed by atoms with Crippen LogP contribution in [0, 0.1) is 5.82 Å². The van der Waals surface area contributed by atoms with Crippen molar-refractivity contribution in [1.82, 2.24) is 15.2 Å². The van der Waals surface area contributed by atoms with Crippen molar-refractivity contribution in [3.05, 3.63) is 58.8 Å². The molecule has 2 aromatic rings. The summed E-state index contributed by atoms with van der Waals surface area (Å²) in [5.41, 5.74) is 2.07. The van der Waals surface area contributed by atoms with Crippen LogP contribution in [0.25, 0.3) is 16.8 Å².